The fourth-order valence-corrected chi connectivity index (χ4v) is 1.49. The van der Waals surface area contributed by atoms with Crippen LogP contribution in [0.3, 0.4) is 0 Å². The summed E-state index contributed by atoms with van der Waals surface area (Å²) in [6, 6.07) is 1.42. The van der Waals surface area contributed by atoms with Crippen LogP contribution in [0, 0.1) is 10.1 Å². The summed E-state index contributed by atoms with van der Waals surface area (Å²) in [6.07, 6.45) is 1.66. The SMILES string of the molecule is CC(C)OCCNc1ncc(Br)cc1[N+](=O)[O-]. The summed E-state index contributed by atoms with van der Waals surface area (Å²) >= 11 is 3.15. The predicted molar refractivity (Wildman–Crippen MR) is 68.2 cm³/mol. The average Bonchev–Trinajstić information content (AvgIpc) is 2.25. The molecule has 0 spiro atoms. The number of ether oxygens (including phenoxy) is 1. The number of hydrogen-bond acceptors (Lipinski definition) is 5. The van der Waals surface area contributed by atoms with Gasteiger partial charge in [-0.2, -0.15) is 0 Å². The van der Waals surface area contributed by atoms with Gasteiger partial charge in [0.15, 0.2) is 0 Å². The summed E-state index contributed by atoms with van der Waals surface area (Å²) in [7, 11) is 0. The van der Waals surface area contributed by atoms with E-state index >= 15 is 0 Å². The van der Waals surface area contributed by atoms with Gasteiger partial charge < -0.3 is 10.1 Å². The summed E-state index contributed by atoms with van der Waals surface area (Å²) in [5.41, 5.74) is -0.0519. The molecule has 17 heavy (non-hydrogen) atoms. The molecule has 1 aromatic rings. The quantitative estimate of drug-likeness (QED) is 0.496. The Morgan fingerprint density at radius 3 is 2.94 bits per heavy atom. The summed E-state index contributed by atoms with van der Waals surface area (Å²) in [5.74, 6) is 0.255. The normalized spacial score (nSPS) is 10.6. The third-order valence-corrected chi connectivity index (χ3v) is 2.31. The average molecular weight is 304 g/mol. The van der Waals surface area contributed by atoms with Crippen molar-refractivity contribution in [2.45, 2.75) is 20.0 Å². The molecule has 0 bridgehead atoms. The Balaban J connectivity index is 2.61. The van der Waals surface area contributed by atoms with E-state index in [9.17, 15) is 10.1 Å². The van der Waals surface area contributed by atoms with E-state index in [2.05, 4.69) is 26.2 Å². The van der Waals surface area contributed by atoms with E-state index in [1.54, 1.807) is 0 Å². The van der Waals surface area contributed by atoms with Gasteiger partial charge in [-0.3, -0.25) is 10.1 Å². The van der Waals surface area contributed by atoms with Crippen LogP contribution >= 0.6 is 15.9 Å². The largest absolute Gasteiger partial charge is 0.377 e. The zero-order valence-electron chi connectivity index (χ0n) is 9.64. The highest BCUT2D eigenvalue weighted by atomic mass is 79.9. The van der Waals surface area contributed by atoms with Gasteiger partial charge in [0, 0.05) is 23.3 Å². The molecule has 0 atom stereocenters. The number of halogens is 1. The fraction of sp³-hybridized carbons (Fsp3) is 0.500. The van der Waals surface area contributed by atoms with Crippen LogP contribution < -0.4 is 5.32 Å². The lowest BCUT2D eigenvalue weighted by atomic mass is 10.4. The van der Waals surface area contributed by atoms with Gasteiger partial charge in [0.1, 0.15) is 0 Å². The Bertz CT molecular complexity index is 398. The zero-order chi connectivity index (χ0) is 12.8. The Morgan fingerprint density at radius 1 is 1.65 bits per heavy atom. The van der Waals surface area contributed by atoms with Crippen molar-refractivity contribution in [3.63, 3.8) is 0 Å². The van der Waals surface area contributed by atoms with Crippen LogP contribution in [0.15, 0.2) is 16.7 Å². The first kappa shape index (κ1) is 13.9. The highest BCUT2D eigenvalue weighted by Crippen LogP contribution is 2.24. The summed E-state index contributed by atoms with van der Waals surface area (Å²) in [4.78, 5) is 14.3. The number of nitro groups is 1. The van der Waals surface area contributed by atoms with Gasteiger partial charge in [-0.25, -0.2) is 4.98 Å². The maximum atomic E-state index is 10.8. The minimum Gasteiger partial charge on any atom is -0.377 e. The number of aromatic nitrogens is 1. The van der Waals surface area contributed by atoms with Crippen LogP contribution in [0.1, 0.15) is 13.8 Å². The van der Waals surface area contributed by atoms with Gasteiger partial charge in [0.05, 0.1) is 17.6 Å². The number of anilines is 1. The van der Waals surface area contributed by atoms with Crippen LogP contribution in [0.4, 0.5) is 11.5 Å². The second-order valence-corrected chi connectivity index (χ2v) is 4.54. The van der Waals surface area contributed by atoms with Crippen molar-refractivity contribution in [2.24, 2.45) is 0 Å². The molecule has 0 amide bonds. The number of hydrogen-bond donors (Lipinski definition) is 1. The lowest BCUT2D eigenvalue weighted by molar-refractivity contribution is -0.384. The molecule has 0 radical (unpaired) electrons. The van der Waals surface area contributed by atoms with Crippen LogP contribution in [0.5, 0.6) is 0 Å². The highest BCUT2D eigenvalue weighted by molar-refractivity contribution is 9.10. The number of pyridine rings is 1. The molecule has 0 aromatic carbocycles. The Morgan fingerprint density at radius 2 is 2.35 bits per heavy atom. The van der Waals surface area contributed by atoms with E-state index in [1.807, 2.05) is 13.8 Å². The van der Waals surface area contributed by atoms with Gasteiger partial charge in [0.25, 0.3) is 0 Å². The molecule has 1 N–H and O–H groups in total. The fourth-order valence-electron chi connectivity index (χ4n) is 1.17. The van der Waals surface area contributed by atoms with Gasteiger partial charge >= 0.3 is 5.69 Å². The minimum atomic E-state index is -0.469. The maximum Gasteiger partial charge on any atom is 0.312 e. The predicted octanol–water partition coefficient (Wildman–Crippen LogP) is 2.59. The van der Waals surface area contributed by atoms with E-state index < -0.39 is 4.92 Å². The molecule has 7 heteroatoms. The van der Waals surface area contributed by atoms with E-state index in [4.69, 9.17) is 4.74 Å². The second kappa shape index (κ2) is 6.51. The topological polar surface area (TPSA) is 77.3 Å². The molecule has 6 nitrogen and oxygen atoms in total. The van der Waals surface area contributed by atoms with Gasteiger partial charge in [0.2, 0.25) is 5.82 Å². The first-order valence-corrected chi connectivity index (χ1v) is 5.95. The molecular formula is C10H14BrN3O3. The molecule has 94 valence electrons. The molecule has 1 aromatic heterocycles. The van der Waals surface area contributed by atoms with E-state index in [0.29, 0.717) is 17.6 Å². The Labute approximate surface area is 108 Å². The van der Waals surface area contributed by atoms with Crippen molar-refractivity contribution in [3.8, 4) is 0 Å². The molecule has 0 saturated carbocycles. The third-order valence-electron chi connectivity index (χ3n) is 1.88. The molecule has 0 aliphatic carbocycles. The van der Waals surface area contributed by atoms with Gasteiger partial charge in [-0.15, -0.1) is 0 Å². The summed E-state index contributed by atoms with van der Waals surface area (Å²) in [5, 5.41) is 13.7. The van der Waals surface area contributed by atoms with Crippen molar-refractivity contribution in [1.82, 2.24) is 4.98 Å². The Kier molecular flexibility index (Phi) is 5.30. The number of rotatable bonds is 6. The first-order chi connectivity index (χ1) is 8.00. The molecule has 0 saturated heterocycles. The molecular weight excluding hydrogens is 290 g/mol. The first-order valence-electron chi connectivity index (χ1n) is 5.16. The second-order valence-electron chi connectivity index (χ2n) is 3.62. The highest BCUT2D eigenvalue weighted by Gasteiger charge is 2.15. The number of nitrogens with one attached hydrogen (secondary N) is 1. The maximum absolute atomic E-state index is 10.8. The van der Waals surface area contributed by atoms with Crippen molar-refractivity contribution in [3.05, 3.63) is 26.9 Å². The number of nitrogens with zero attached hydrogens (tertiary/aromatic N) is 2. The van der Waals surface area contributed by atoms with Crippen molar-refractivity contribution >= 4 is 27.4 Å². The standard InChI is InChI=1S/C10H14BrN3O3/c1-7(2)17-4-3-12-10-9(14(15)16)5-8(11)6-13-10/h5-7H,3-4H2,1-2H3,(H,12,13). The minimum absolute atomic E-state index is 0.0519. The van der Waals surface area contributed by atoms with Crippen LogP contribution in [-0.2, 0) is 4.74 Å². The molecule has 0 fully saturated rings. The van der Waals surface area contributed by atoms with Crippen LogP contribution in [0.25, 0.3) is 0 Å². The third kappa shape index (κ3) is 4.66. The van der Waals surface area contributed by atoms with Crippen LogP contribution in [-0.4, -0.2) is 29.2 Å². The smallest absolute Gasteiger partial charge is 0.312 e. The van der Waals surface area contributed by atoms with E-state index in [-0.39, 0.29) is 17.6 Å². The lowest BCUT2D eigenvalue weighted by Crippen LogP contribution is -2.14. The lowest BCUT2D eigenvalue weighted by Gasteiger charge is -2.09. The monoisotopic (exact) mass is 303 g/mol. The molecule has 1 rings (SSSR count). The van der Waals surface area contributed by atoms with Gasteiger partial charge in [-0.05, 0) is 29.8 Å². The molecule has 0 unspecified atom stereocenters. The molecule has 0 aliphatic rings. The van der Waals surface area contributed by atoms with Crippen molar-refractivity contribution in [1.29, 1.82) is 0 Å². The molecule has 1 heterocycles. The summed E-state index contributed by atoms with van der Waals surface area (Å²) < 4.78 is 5.90. The van der Waals surface area contributed by atoms with Crippen molar-refractivity contribution < 1.29 is 9.66 Å². The zero-order valence-corrected chi connectivity index (χ0v) is 11.2. The van der Waals surface area contributed by atoms with E-state index in [0.717, 1.165) is 0 Å². The summed E-state index contributed by atoms with van der Waals surface area (Å²) in [6.45, 7) is 4.82. The Hall–Kier alpha value is -1.21. The van der Waals surface area contributed by atoms with Gasteiger partial charge in [-0.1, -0.05) is 0 Å². The molecule has 0 aliphatic heterocycles. The van der Waals surface area contributed by atoms with E-state index in [1.165, 1.54) is 12.3 Å². The van der Waals surface area contributed by atoms with Crippen LogP contribution in [0.2, 0.25) is 0 Å². The van der Waals surface area contributed by atoms with Crippen molar-refractivity contribution in [2.75, 3.05) is 18.5 Å².